The van der Waals surface area contributed by atoms with Crippen LogP contribution >= 0.6 is 23.2 Å². The largest absolute Gasteiger partial charge is 0.368 e. The minimum Gasteiger partial charge on any atom is -0.368 e. The Bertz CT molecular complexity index is 510. The molecule has 0 saturated heterocycles. The molecule has 3 nitrogen and oxygen atoms in total. The summed E-state index contributed by atoms with van der Waals surface area (Å²) >= 11 is 11.8. The van der Waals surface area contributed by atoms with E-state index in [1.165, 1.54) is 4.68 Å². The van der Waals surface area contributed by atoms with Crippen LogP contribution in [0.1, 0.15) is 17.5 Å². The monoisotopic (exact) mass is 256 g/mol. The number of aliphatic hydroxyl groups excluding tert-OH is 1. The standard InChI is InChI=1S/C11H10Cl2N2O/c1-7-4-5-15(14-7)11(16)9-3-2-8(12)6-10(9)13/h2-6,11,16H,1H3. The summed E-state index contributed by atoms with van der Waals surface area (Å²) in [6, 6.07) is 6.78. The Morgan fingerprint density at radius 1 is 1.31 bits per heavy atom. The van der Waals surface area contributed by atoms with E-state index < -0.39 is 6.23 Å². The van der Waals surface area contributed by atoms with Gasteiger partial charge in [0, 0.05) is 21.8 Å². The van der Waals surface area contributed by atoms with E-state index >= 15 is 0 Å². The number of aliphatic hydroxyl groups is 1. The fourth-order valence-electron chi connectivity index (χ4n) is 1.42. The number of halogens is 2. The molecule has 1 atom stereocenters. The smallest absolute Gasteiger partial charge is 0.174 e. The van der Waals surface area contributed by atoms with Crippen molar-refractivity contribution in [2.75, 3.05) is 0 Å². The van der Waals surface area contributed by atoms with E-state index in [-0.39, 0.29) is 0 Å². The van der Waals surface area contributed by atoms with E-state index in [2.05, 4.69) is 5.10 Å². The maximum absolute atomic E-state index is 10.0. The summed E-state index contributed by atoms with van der Waals surface area (Å²) in [4.78, 5) is 0. The van der Waals surface area contributed by atoms with Gasteiger partial charge in [-0.1, -0.05) is 29.3 Å². The number of benzene rings is 1. The number of nitrogens with zero attached hydrogens (tertiary/aromatic N) is 2. The third kappa shape index (κ3) is 2.21. The third-order valence-corrected chi connectivity index (χ3v) is 2.80. The molecule has 1 aromatic carbocycles. The van der Waals surface area contributed by atoms with E-state index in [1.807, 2.05) is 13.0 Å². The lowest BCUT2D eigenvalue weighted by Crippen LogP contribution is -2.10. The van der Waals surface area contributed by atoms with Crippen molar-refractivity contribution in [1.29, 1.82) is 0 Å². The molecule has 0 fully saturated rings. The zero-order chi connectivity index (χ0) is 11.7. The van der Waals surface area contributed by atoms with Crippen LogP contribution in [0.4, 0.5) is 0 Å². The minimum atomic E-state index is -0.890. The van der Waals surface area contributed by atoms with Gasteiger partial charge in [-0.2, -0.15) is 5.10 Å². The van der Waals surface area contributed by atoms with Crippen LogP contribution in [0.25, 0.3) is 0 Å². The van der Waals surface area contributed by atoms with Crippen LogP contribution in [0.5, 0.6) is 0 Å². The van der Waals surface area contributed by atoms with Gasteiger partial charge >= 0.3 is 0 Å². The van der Waals surface area contributed by atoms with Crippen molar-refractivity contribution >= 4 is 23.2 Å². The molecular weight excluding hydrogens is 247 g/mol. The molecule has 1 heterocycles. The highest BCUT2D eigenvalue weighted by atomic mass is 35.5. The first kappa shape index (κ1) is 11.5. The summed E-state index contributed by atoms with van der Waals surface area (Å²) < 4.78 is 1.45. The number of hydrogen-bond donors (Lipinski definition) is 1. The molecule has 5 heteroatoms. The van der Waals surface area contributed by atoms with Crippen molar-refractivity contribution in [2.24, 2.45) is 0 Å². The fourth-order valence-corrected chi connectivity index (χ4v) is 1.93. The Morgan fingerprint density at radius 3 is 2.62 bits per heavy atom. The van der Waals surface area contributed by atoms with Gasteiger partial charge in [0.2, 0.25) is 0 Å². The highest BCUT2D eigenvalue weighted by Gasteiger charge is 2.14. The molecule has 0 aliphatic carbocycles. The van der Waals surface area contributed by atoms with Gasteiger partial charge < -0.3 is 5.11 Å². The SMILES string of the molecule is Cc1ccn(C(O)c2ccc(Cl)cc2Cl)n1. The first-order valence-electron chi connectivity index (χ1n) is 4.72. The lowest BCUT2D eigenvalue weighted by Gasteiger charge is -2.13. The molecule has 0 amide bonds. The lowest BCUT2D eigenvalue weighted by atomic mass is 10.2. The molecule has 84 valence electrons. The van der Waals surface area contributed by atoms with Gasteiger partial charge in [0.25, 0.3) is 0 Å². The van der Waals surface area contributed by atoms with E-state index in [4.69, 9.17) is 23.2 Å². The summed E-state index contributed by atoms with van der Waals surface area (Å²) in [6.45, 7) is 1.85. The molecule has 0 aliphatic heterocycles. The van der Waals surface area contributed by atoms with E-state index in [1.54, 1.807) is 24.4 Å². The van der Waals surface area contributed by atoms with Crippen LogP contribution < -0.4 is 0 Å². The molecular formula is C11H10Cl2N2O. The van der Waals surface area contributed by atoms with Crippen molar-refractivity contribution in [3.63, 3.8) is 0 Å². The summed E-state index contributed by atoms with van der Waals surface area (Å²) in [6.07, 6.45) is 0.809. The molecule has 1 N–H and O–H groups in total. The lowest BCUT2D eigenvalue weighted by molar-refractivity contribution is 0.132. The van der Waals surface area contributed by atoms with Gasteiger partial charge in [0.1, 0.15) is 0 Å². The molecule has 0 radical (unpaired) electrons. The van der Waals surface area contributed by atoms with Crippen molar-refractivity contribution in [3.8, 4) is 0 Å². The average Bonchev–Trinajstić information content (AvgIpc) is 2.64. The number of rotatable bonds is 2. The molecule has 0 bridgehead atoms. The Kier molecular flexibility index (Phi) is 3.19. The predicted octanol–water partition coefficient (Wildman–Crippen LogP) is 3.04. The van der Waals surface area contributed by atoms with Crippen molar-refractivity contribution in [3.05, 3.63) is 51.8 Å². The molecule has 1 aromatic heterocycles. The topological polar surface area (TPSA) is 38.0 Å². The Hall–Kier alpha value is -1.03. The number of aryl methyl sites for hydroxylation is 1. The summed E-state index contributed by atoms with van der Waals surface area (Å²) in [5, 5.41) is 15.1. The van der Waals surface area contributed by atoms with Gasteiger partial charge in [-0.25, -0.2) is 4.68 Å². The van der Waals surface area contributed by atoms with E-state index in [0.717, 1.165) is 5.69 Å². The van der Waals surface area contributed by atoms with Crippen LogP contribution in [-0.2, 0) is 0 Å². The van der Waals surface area contributed by atoms with Crippen LogP contribution in [0.2, 0.25) is 10.0 Å². The van der Waals surface area contributed by atoms with Crippen molar-refractivity contribution in [2.45, 2.75) is 13.2 Å². The second kappa shape index (κ2) is 4.45. The highest BCUT2D eigenvalue weighted by molar-refractivity contribution is 6.35. The summed E-state index contributed by atoms with van der Waals surface area (Å²) in [5.74, 6) is 0. The first-order valence-corrected chi connectivity index (χ1v) is 5.48. The van der Waals surface area contributed by atoms with Gasteiger partial charge in [0.05, 0.1) is 5.69 Å². The van der Waals surface area contributed by atoms with Crippen LogP contribution in [0.3, 0.4) is 0 Å². The molecule has 2 rings (SSSR count). The third-order valence-electron chi connectivity index (χ3n) is 2.23. The summed E-state index contributed by atoms with van der Waals surface area (Å²) in [7, 11) is 0. The maximum Gasteiger partial charge on any atom is 0.174 e. The highest BCUT2D eigenvalue weighted by Crippen LogP contribution is 2.26. The quantitative estimate of drug-likeness (QED) is 0.897. The van der Waals surface area contributed by atoms with E-state index in [0.29, 0.717) is 15.6 Å². The molecule has 0 spiro atoms. The Balaban J connectivity index is 2.37. The van der Waals surface area contributed by atoms with Gasteiger partial charge in [-0.3, -0.25) is 0 Å². The molecule has 2 aromatic rings. The number of hydrogen-bond acceptors (Lipinski definition) is 2. The second-order valence-electron chi connectivity index (χ2n) is 3.48. The Morgan fingerprint density at radius 2 is 2.06 bits per heavy atom. The van der Waals surface area contributed by atoms with Gasteiger partial charge in [0.15, 0.2) is 6.23 Å². The Labute approximate surface area is 103 Å². The average molecular weight is 257 g/mol. The first-order chi connectivity index (χ1) is 7.58. The van der Waals surface area contributed by atoms with Crippen molar-refractivity contribution < 1.29 is 5.11 Å². The number of aromatic nitrogens is 2. The predicted molar refractivity (Wildman–Crippen MR) is 63.8 cm³/mol. The normalized spacial score (nSPS) is 12.8. The van der Waals surface area contributed by atoms with E-state index in [9.17, 15) is 5.11 Å². The maximum atomic E-state index is 10.0. The molecule has 16 heavy (non-hydrogen) atoms. The molecule has 0 aliphatic rings. The molecule has 1 unspecified atom stereocenters. The second-order valence-corrected chi connectivity index (χ2v) is 4.32. The zero-order valence-electron chi connectivity index (χ0n) is 8.56. The summed E-state index contributed by atoms with van der Waals surface area (Å²) in [5.41, 5.74) is 1.42. The van der Waals surface area contributed by atoms with Crippen LogP contribution in [0.15, 0.2) is 30.5 Å². The fraction of sp³-hybridized carbons (Fsp3) is 0.182. The molecule has 0 saturated carbocycles. The van der Waals surface area contributed by atoms with Gasteiger partial charge in [-0.05, 0) is 25.1 Å². The van der Waals surface area contributed by atoms with Crippen molar-refractivity contribution in [1.82, 2.24) is 9.78 Å². The van der Waals surface area contributed by atoms with Gasteiger partial charge in [-0.15, -0.1) is 0 Å². The minimum absolute atomic E-state index is 0.424. The van der Waals surface area contributed by atoms with Crippen LogP contribution in [-0.4, -0.2) is 14.9 Å². The zero-order valence-corrected chi connectivity index (χ0v) is 10.1. The van der Waals surface area contributed by atoms with Crippen LogP contribution in [0, 0.1) is 6.92 Å².